The maximum Gasteiger partial charge on any atom is 0.0349 e. The van der Waals surface area contributed by atoms with Crippen molar-refractivity contribution in [3.63, 3.8) is 0 Å². The standard InChI is InChI=1S/C26H22.C12H12N2/c1-19-13-15-23(21-9-5-3-6-10-21)17-25(19)26-18-24(16-14-20(26)2)22-11-7-4-8-12-22;1-9-3-5-13-7-11(9)12-8-14-6-4-10(12)2/h3-18H,1-2H3;3-8H,1-2H3. The van der Waals surface area contributed by atoms with Gasteiger partial charge in [-0.3, -0.25) is 9.97 Å². The summed E-state index contributed by atoms with van der Waals surface area (Å²) < 4.78 is 0. The smallest absolute Gasteiger partial charge is 0.0349 e. The summed E-state index contributed by atoms with van der Waals surface area (Å²) in [6, 6.07) is 38.7. The number of aromatic nitrogens is 2. The molecule has 6 aromatic rings. The lowest BCUT2D eigenvalue weighted by atomic mass is 9.90. The Morgan fingerprint density at radius 2 is 0.725 bits per heavy atom. The molecule has 4 aromatic carbocycles. The summed E-state index contributed by atoms with van der Waals surface area (Å²) in [5.41, 5.74) is 15.0. The second kappa shape index (κ2) is 12.4. The Labute approximate surface area is 238 Å². The molecule has 0 saturated carbocycles. The second-order valence-corrected chi connectivity index (χ2v) is 10.2. The second-order valence-electron chi connectivity index (χ2n) is 10.2. The molecule has 0 aliphatic rings. The first-order valence-electron chi connectivity index (χ1n) is 13.7. The molecule has 0 spiro atoms. The van der Waals surface area contributed by atoms with Crippen LogP contribution in [0, 0.1) is 27.7 Å². The molecular formula is C38H34N2. The van der Waals surface area contributed by atoms with Crippen LogP contribution >= 0.6 is 0 Å². The van der Waals surface area contributed by atoms with Crippen LogP contribution in [0.15, 0.2) is 134 Å². The van der Waals surface area contributed by atoms with Crippen LogP contribution in [0.1, 0.15) is 22.3 Å². The molecule has 0 fully saturated rings. The molecule has 2 heterocycles. The van der Waals surface area contributed by atoms with Crippen molar-refractivity contribution in [3.8, 4) is 44.5 Å². The van der Waals surface area contributed by atoms with Crippen LogP contribution in [0.3, 0.4) is 0 Å². The molecule has 0 N–H and O–H groups in total. The topological polar surface area (TPSA) is 25.8 Å². The number of rotatable bonds is 4. The van der Waals surface area contributed by atoms with Gasteiger partial charge in [-0.25, -0.2) is 0 Å². The first kappa shape index (κ1) is 26.8. The van der Waals surface area contributed by atoms with Gasteiger partial charge in [0.1, 0.15) is 0 Å². The van der Waals surface area contributed by atoms with Crippen LogP contribution in [0.5, 0.6) is 0 Å². The van der Waals surface area contributed by atoms with Crippen molar-refractivity contribution in [1.82, 2.24) is 9.97 Å². The zero-order valence-corrected chi connectivity index (χ0v) is 23.6. The summed E-state index contributed by atoms with van der Waals surface area (Å²) >= 11 is 0. The van der Waals surface area contributed by atoms with E-state index in [1.807, 2.05) is 36.9 Å². The van der Waals surface area contributed by atoms with Crippen LogP contribution in [0.2, 0.25) is 0 Å². The van der Waals surface area contributed by atoms with Crippen LogP contribution < -0.4 is 0 Å². The van der Waals surface area contributed by atoms with Crippen molar-refractivity contribution in [2.75, 3.05) is 0 Å². The zero-order chi connectivity index (χ0) is 27.9. The zero-order valence-electron chi connectivity index (χ0n) is 23.6. The van der Waals surface area contributed by atoms with E-state index in [4.69, 9.17) is 0 Å². The Bertz CT molecular complexity index is 1590. The molecule has 0 atom stereocenters. The van der Waals surface area contributed by atoms with Crippen molar-refractivity contribution in [3.05, 3.63) is 156 Å². The molecule has 2 nitrogen and oxygen atoms in total. The highest BCUT2D eigenvalue weighted by molar-refractivity contribution is 5.80. The fourth-order valence-corrected chi connectivity index (χ4v) is 4.94. The van der Waals surface area contributed by atoms with E-state index in [2.05, 4.69) is 135 Å². The van der Waals surface area contributed by atoms with Crippen LogP contribution in [0.25, 0.3) is 44.5 Å². The number of benzene rings is 4. The number of pyridine rings is 2. The van der Waals surface area contributed by atoms with E-state index < -0.39 is 0 Å². The molecule has 0 aliphatic heterocycles. The van der Waals surface area contributed by atoms with E-state index in [1.54, 1.807) is 0 Å². The molecular weight excluding hydrogens is 484 g/mol. The lowest BCUT2D eigenvalue weighted by Crippen LogP contribution is -1.90. The molecule has 0 unspecified atom stereocenters. The third-order valence-corrected chi connectivity index (χ3v) is 7.35. The van der Waals surface area contributed by atoms with E-state index in [0.717, 1.165) is 11.1 Å². The maximum absolute atomic E-state index is 4.14. The van der Waals surface area contributed by atoms with Crippen LogP contribution in [-0.4, -0.2) is 9.97 Å². The molecule has 2 aromatic heterocycles. The minimum Gasteiger partial charge on any atom is -0.264 e. The molecule has 0 amide bonds. The van der Waals surface area contributed by atoms with Crippen molar-refractivity contribution in [2.45, 2.75) is 27.7 Å². The fraction of sp³-hybridized carbons (Fsp3) is 0.105. The van der Waals surface area contributed by atoms with Crippen LogP contribution in [0.4, 0.5) is 0 Å². The summed E-state index contributed by atoms with van der Waals surface area (Å²) in [6.45, 7) is 8.56. The quantitative estimate of drug-likeness (QED) is 0.232. The predicted molar refractivity (Wildman–Crippen MR) is 169 cm³/mol. The average molecular weight is 519 g/mol. The van der Waals surface area contributed by atoms with E-state index >= 15 is 0 Å². The molecule has 0 radical (unpaired) electrons. The minimum absolute atomic E-state index is 1.16. The van der Waals surface area contributed by atoms with Gasteiger partial charge in [0.25, 0.3) is 0 Å². The number of hydrogen-bond donors (Lipinski definition) is 0. The summed E-state index contributed by atoms with van der Waals surface area (Å²) in [7, 11) is 0. The van der Waals surface area contributed by atoms with E-state index in [-0.39, 0.29) is 0 Å². The average Bonchev–Trinajstić information content (AvgIpc) is 3.00. The third-order valence-electron chi connectivity index (χ3n) is 7.35. The van der Waals surface area contributed by atoms with Gasteiger partial charge in [-0.2, -0.15) is 0 Å². The highest BCUT2D eigenvalue weighted by Gasteiger charge is 2.10. The molecule has 0 aliphatic carbocycles. The largest absolute Gasteiger partial charge is 0.264 e. The Hall–Kier alpha value is -4.82. The summed E-state index contributed by atoms with van der Waals surface area (Å²) in [5.74, 6) is 0. The SMILES string of the molecule is Cc1ccc(-c2ccccc2)cc1-c1cc(-c2ccccc2)ccc1C.Cc1ccncc1-c1cnccc1C. The summed E-state index contributed by atoms with van der Waals surface area (Å²) in [6.07, 6.45) is 7.40. The summed E-state index contributed by atoms with van der Waals surface area (Å²) in [5, 5.41) is 0. The van der Waals surface area contributed by atoms with Gasteiger partial charge in [0.2, 0.25) is 0 Å². The van der Waals surface area contributed by atoms with Gasteiger partial charge in [-0.15, -0.1) is 0 Å². The molecule has 6 rings (SSSR count). The Morgan fingerprint density at radius 1 is 0.350 bits per heavy atom. The normalized spacial score (nSPS) is 10.5. The van der Waals surface area contributed by atoms with E-state index in [0.29, 0.717) is 0 Å². The first-order chi connectivity index (χ1) is 19.5. The van der Waals surface area contributed by atoms with Gasteiger partial charge in [-0.05, 0) is 108 Å². The van der Waals surface area contributed by atoms with Gasteiger partial charge in [0.15, 0.2) is 0 Å². The number of nitrogens with zero attached hydrogens (tertiary/aromatic N) is 2. The van der Waals surface area contributed by atoms with Crippen LogP contribution in [-0.2, 0) is 0 Å². The fourth-order valence-electron chi connectivity index (χ4n) is 4.94. The Balaban J connectivity index is 0.000000194. The van der Waals surface area contributed by atoms with Crippen molar-refractivity contribution >= 4 is 0 Å². The molecule has 0 bridgehead atoms. The van der Waals surface area contributed by atoms with Crippen molar-refractivity contribution in [1.29, 1.82) is 0 Å². The van der Waals surface area contributed by atoms with E-state index in [9.17, 15) is 0 Å². The highest BCUT2D eigenvalue weighted by atomic mass is 14.6. The van der Waals surface area contributed by atoms with Gasteiger partial charge in [-0.1, -0.05) is 84.9 Å². The molecule has 0 saturated heterocycles. The van der Waals surface area contributed by atoms with Gasteiger partial charge in [0.05, 0.1) is 0 Å². The monoisotopic (exact) mass is 518 g/mol. The van der Waals surface area contributed by atoms with Gasteiger partial charge < -0.3 is 0 Å². The minimum atomic E-state index is 1.16. The van der Waals surface area contributed by atoms with Gasteiger partial charge >= 0.3 is 0 Å². The maximum atomic E-state index is 4.14. The van der Waals surface area contributed by atoms with E-state index in [1.165, 1.54) is 55.6 Å². The number of aryl methyl sites for hydroxylation is 4. The lowest BCUT2D eigenvalue weighted by Gasteiger charge is -2.14. The summed E-state index contributed by atoms with van der Waals surface area (Å²) in [4.78, 5) is 8.27. The molecule has 40 heavy (non-hydrogen) atoms. The Kier molecular flexibility index (Phi) is 8.27. The molecule has 196 valence electrons. The van der Waals surface area contributed by atoms with Gasteiger partial charge in [0, 0.05) is 35.9 Å². The third kappa shape index (κ3) is 6.08. The predicted octanol–water partition coefficient (Wildman–Crippen LogP) is 10.1. The Morgan fingerprint density at radius 3 is 1.10 bits per heavy atom. The first-order valence-corrected chi connectivity index (χ1v) is 13.7. The molecule has 2 heteroatoms. The highest BCUT2D eigenvalue weighted by Crippen LogP contribution is 2.34. The lowest BCUT2D eigenvalue weighted by molar-refractivity contribution is 1.24. The van der Waals surface area contributed by atoms with Crippen molar-refractivity contribution in [2.24, 2.45) is 0 Å². The van der Waals surface area contributed by atoms with Crippen molar-refractivity contribution < 1.29 is 0 Å². The number of hydrogen-bond acceptors (Lipinski definition) is 2.